The van der Waals surface area contributed by atoms with E-state index in [-0.39, 0.29) is 5.56 Å². The van der Waals surface area contributed by atoms with Crippen molar-refractivity contribution in [3.05, 3.63) is 40.5 Å². The molecule has 0 radical (unpaired) electrons. The van der Waals surface area contributed by atoms with E-state index in [2.05, 4.69) is 15.0 Å². The summed E-state index contributed by atoms with van der Waals surface area (Å²) in [5.41, 5.74) is -0.0972. The molecular formula is C11H12N4O. The van der Waals surface area contributed by atoms with E-state index in [1.807, 2.05) is 17.7 Å². The standard InChI is InChI=1S/C11H12N4O/c1-7-12-4-5-15(7)9-6-10(16)14-11(13-9)8-2-3-8/h4-6,8H,2-3H2,1H3,(H,13,14,16). The van der Waals surface area contributed by atoms with Crippen LogP contribution in [0.5, 0.6) is 0 Å². The molecule has 0 amide bonds. The summed E-state index contributed by atoms with van der Waals surface area (Å²) in [6, 6.07) is 1.50. The molecule has 0 atom stereocenters. The zero-order valence-corrected chi connectivity index (χ0v) is 8.97. The van der Waals surface area contributed by atoms with Gasteiger partial charge < -0.3 is 4.98 Å². The van der Waals surface area contributed by atoms with Gasteiger partial charge in [-0.1, -0.05) is 0 Å². The number of aryl methyl sites for hydroxylation is 1. The molecule has 0 spiro atoms. The minimum Gasteiger partial charge on any atom is -0.310 e. The predicted molar refractivity (Wildman–Crippen MR) is 58.7 cm³/mol. The fourth-order valence-corrected chi connectivity index (χ4v) is 1.76. The van der Waals surface area contributed by atoms with Gasteiger partial charge in [-0.05, 0) is 19.8 Å². The zero-order chi connectivity index (χ0) is 11.1. The van der Waals surface area contributed by atoms with Gasteiger partial charge in [-0.25, -0.2) is 9.97 Å². The van der Waals surface area contributed by atoms with Crippen molar-refractivity contribution < 1.29 is 0 Å². The average Bonchev–Trinajstić information content (AvgIpc) is 3.01. The molecule has 2 aromatic rings. The first-order valence-electron chi connectivity index (χ1n) is 5.35. The Morgan fingerprint density at radius 3 is 2.94 bits per heavy atom. The van der Waals surface area contributed by atoms with Gasteiger partial charge in [-0.15, -0.1) is 0 Å². The zero-order valence-electron chi connectivity index (χ0n) is 8.97. The molecule has 2 heterocycles. The number of nitrogens with zero attached hydrogens (tertiary/aromatic N) is 3. The summed E-state index contributed by atoms with van der Waals surface area (Å²) < 4.78 is 1.82. The first-order valence-corrected chi connectivity index (χ1v) is 5.35. The molecular weight excluding hydrogens is 204 g/mol. The molecule has 3 rings (SSSR count). The third kappa shape index (κ3) is 1.54. The molecule has 0 saturated heterocycles. The van der Waals surface area contributed by atoms with Crippen molar-refractivity contribution in [2.24, 2.45) is 0 Å². The lowest BCUT2D eigenvalue weighted by Gasteiger charge is -2.05. The highest BCUT2D eigenvalue weighted by Crippen LogP contribution is 2.37. The number of imidazole rings is 1. The number of hydrogen-bond acceptors (Lipinski definition) is 3. The van der Waals surface area contributed by atoms with Crippen LogP contribution < -0.4 is 5.56 Å². The Labute approximate surface area is 92.2 Å². The van der Waals surface area contributed by atoms with E-state index in [9.17, 15) is 4.79 Å². The quantitative estimate of drug-likeness (QED) is 0.818. The summed E-state index contributed by atoms with van der Waals surface area (Å²) in [6.07, 6.45) is 5.76. The molecule has 82 valence electrons. The van der Waals surface area contributed by atoms with Crippen molar-refractivity contribution >= 4 is 0 Å². The number of H-pyrrole nitrogens is 1. The second kappa shape index (κ2) is 3.30. The Bertz CT molecular complexity index is 580. The van der Waals surface area contributed by atoms with Gasteiger partial charge in [0, 0.05) is 24.4 Å². The molecule has 1 fully saturated rings. The fraction of sp³-hybridized carbons (Fsp3) is 0.364. The van der Waals surface area contributed by atoms with E-state index in [1.165, 1.54) is 6.07 Å². The lowest BCUT2D eigenvalue weighted by atomic mass is 10.4. The Morgan fingerprint density at radius 2 is 2.31 bits per heavy atom. The van der Waals surface area contributed by atoms with E-state index >= 15 is 0 Å². The first kappa shape index (κ1) is 9.33. The lowest BCUT2D eigenvalue weighted by Crippen LogP contribution is -2.13. The van der Waals surface area contributed by atoms with Crippen LogP contribution in [-0.4, -0.2) is 19.5 Å². The Hall–Kier alpha value is -1.91. The van der Waals surface area contributed by atoms with E-state index in [1.54, 1.807) is 6.20 Å². The molecule has 5 nitrogen and oxygen atoms in total. The van der Waals surface area contributed by atoms with Crippen molar-refractivity contribution in [1.82, 2.24) is 19.5 Å². The van der Waals surface area contributed by atoms with Crippen LogP contribution in [0.2, 0.25) is 0 Å². The van der Waals surface area contributed by atoms with Crippen LogP contribution in [0.4, 0.5) is 0 Å². The molecule has 0 bridgehead atoms. The second-order valence-corrected chi connectivity index (χ2v) is 4.11. The molecule has 0 unspecified atom stereocenters. The number of nitrogens with one attached hydrogen (secondary N) is 1. The molecule has 1 aliphatic carbocycles. The maximum atomic E-state index is 11.5. The van der Waals surface area contributed by atoms with E-state index < -0.39 is 0 Å². The summed E-state index contributed by atoms with van der Waals surface area (Å²) in [5.74, 6) is 2.73. The molecule has 16 heavy (non-hydrogen) atoms. The summed E-state index contributed by atoms with van der Waals surface area (Å²) in [5, 5.41) is 0. The number of aromatic nitrogens is 4. The summed E-state index contributed by atoms with van der Waals surface area (Å²) in [7, 11) is 0. The van der Waals surface area contributed by atoms with Gasteiger partial charge in [-0.3, -0.25) is 9.36 Å². The van der Waals surface area contributed by atoms with Gasteiger partial charge in [0.05, 0.1) is 0 Å². The highest BCUT2D eigenvalue weighted by Gasteiger charge is 2.26. The largest absolute Gasteiger partial charge is 0.310 e. The van der Waals surface area contributed by atoms with Crippen LogP contribution in [-0.2, 0) is 0 Å². The van der Waals surface area contributed by atoms with Crippen molar-refractivity contribution in [2.75, 3.05) is 0 Å². The Balaban J connectivity index is 2.13. The Morgan fingerprint density at radius 1 is 1.50 bits per heavy atom. The Kier molecular flexibility index (Phi) is 1.92. The normalized spacial score (nSPS) is 15.3. The van der Waals surface area contributed by atoms with E-state index in [0.29, 0.717) is 11.7 Å². The van der Waals surface area contributed by atoms with Crippen LogP contribution in [0.25, 0.3) is 5.82 Å². The minimum atomic E-state index is -0.0972. The number of aromatic amines is 1. The van der Waals surface area contributed by atoms with Crippen LogP contribution in [0, 0.1) is 6.92 Å². The average molecular weight is 216 g/mol. The molecule has 5 heteroatoms. The van der Waals surface area contributed by atoms with Crippen molar-refractivity contribution in [1.29, 1.82) is 0 Å². The number of hydrogen-bond donors (Lipinski definition) is 1. The van der Waals surface area contributed by atoms with Crippen LogP contribution in [0.1, 0.15) is 30.4 Å². The summed E-state index contributed by atoms with van der Waals surface area (Å²) in [6.45, 7) is 1.89. The lowest BCUT2D eigenvalue weighted by molar-refractivity contribution is 0.848. The van der Waals surface area contributed by atoms with Crippen molar-refractivity contribution in [3.8, 4) is 5.82 Å². The molecule has 2 aromatic heterocycles. The van der Waals surface area contributed by atoms with Crippen LogP contribution >= 0.6 is 0 Å². The molecule has 0 aromatic carbocycles. The van der Waals surface area contributed by atoms with Gasteiger partial charge in [0.25, 0.3) is 5.56 Å². The summed E-state index contributed by atoms with van der Waals surface area (Å²) >= 11 is 0. The molecule has 1 aliphatic rings. The highest BCUT2D eigenvalue weighted by atomic mass is 16.1. The van der Waals surface area contributed by atoms with Crippen molar-refractivity contribution in [2.45, 2.75) is 25.7 Å². The summed E-state index contributed by atoms with van der Waals surface area (Å²) in [4.78, 5) is 22.9. The minimum absolute atomic E-state index is 0.0972. The highest BCUT2D eigenvalue weighted by molar-refractivity contribution is 5.24. The molecule has 1 N–H and O–H groups in total. The smallest absolute Gasteiger partial charge is 0.253 e. The maximum absolute atomic E-state index is 11.5. The second-order valence-electron chi connectivity index (χ2n) is 4.11. The SMILES string of the molecule is Cc1nccn1-c1cc(=O)[nH]c(C2CC2)n1. The topological polar surface area (TPSA) is 63.6 Å². The molecule has 0 aliphatic heterocycles. The van der Waals surface area contributed by atoms with Gasteiger partial charge in [-0.2, -0.15) is 0 Å². The predicted octanol–water partition coefficient (Wildman–Crippen LogP) is 1.14. The van der Waals surface area contributed by atoms with Gasteiger partial charge >= 0.3 is 0 Å². The van der Waals surface area contributed by atoms with E-state index in [4.69, 9.17) is 0 Å². The maximum Gasteiger partial charge on any atom is 0.253 e. The van der Waals surface area contributed by atoms with Gasteiger partial charge in [0.2, 0.25) is 0 Å². The van der Waals surface area contributed by atoms with Gasteiger partial charge in [0.15, 0.2) is 0 Å². The van der Waals surface area contributed by atoms with Gasteiger partial charge in [0.1, 0.15) is 17.5 Å². The first-order chi connectivity index (χ1) is 7.74. The third-order valence-corrected chi connectivity index (χ3v) is 2.78. The van der Waals surface area contributed by atoms with Crippen LogP contribution in [0.3, 0.4) is 0 Å². The number of rotatable bonds is 2. The monoisotopic (exact) mass is 216 g/mol. The van der Waals surface area contributed by atoms with E-state index in [0.717, 1.165) is 24.5 Å². The van der Waals surface area contributed by atoms with Crippen LogP contribution in [0.15, 0.2) is 23.3 Å². The fourth-order valence-electron chi connectivity index (χ4n) is 1.76. The molecule has 1 saturated carbocycles. The van der Waals surface area contributed by atoms with Crippen molar-refractivity contribution in [3.63, 3.8) is 0 Å². The third-order valence-electron chi connectivity index (χ3n) is 2.78.